The molecule has 1 unspecified atom stereocenters. The van der Waals surface area contributed by atoms with Crippen molar-refractivity contribution in [2.45, 2.75) is 24.5 Å². The highest BCUT2D eigenvalue weighted by Crippen LogP contribution is 2.24. The first-order valence-corrected chi connectivity index (χ1v) is 12.1. The lowest BCUT2D eigenvalue weighted by Gasteiger charge is -2.17. The lowest BCUT2D eigenvalue weighted by molar-refractivity contribution is 0.0518. The van der Waals surface area contributed by atoms with E-state index in [1.54, 1.807) is 13.0 Å². The molecule has 2 heterocycles. The van der Waals surface area contributed by atoms with Crippen LogP contribution in [0.1, 0.15) is 33.5 Å². The molecule has 0 bridgehead atoms. The van der Waals surface area contributed by atoms with E-state index in [1.807, 2.05) is 0 Å². The average Bonchev–Trinajstić information content (AvgIpc) is 2.99. The van der Waals surface area contributed by atoms with Gasteiger partial charge in [0.25, 0.3) is 5.91 Å². The second kappa shape index (κ2) is 10.0. The SMILES string of the molecule is C=C1COCC(O)c2nc(C(=O)NCc3ccc(F)c(C)c3)c(OS(=O)(=O)c3ccccc3)c(=O)n21. The highest BCUT2D eigenvalue weighted by Gasteiger charge is 2.32. The number of carbonyl (C=O) groups excluding carboxylic acids is 1. The van der Waals surface area contributed by atoms with Gasteiger partial charge in [-0.25, -0.2) is 9.37 Å². The summed E-state index contributed by atoms with van der Waals surface area (Å²) >= 11 is 0. The highest BCUT2D eigenvalue weighted by atomic mass is 32.2. The van der Waals surface area contributed by atoms with Gasteiger partial charge in [-0.15, -0.1) is 0 Å². The maximum atomic E-state index is 13.6. The Bertz CT molecular complexity index is 1500. The van der Waals surface area contributed by atoms with Gasteiger partial charge in [-0.2, -0.15) is 8.42 Å². The Kier molecular flexibility index (Phi) is 7.02. The molecule has 0 fully saturated rings. The molecule has 1 amide bonds. The number of aromatic nitrogens is 2. The van der Waals surface area contributed by atoms with Gasteiger partial charge in [0.2, 0.25) is 5.75 Å². The smallest absolute Gasteiger partial charge is 0.339 e. The number of hydrogen-bond acceptors (Lipinski definition) is 8. The molecule has 2 aromatic carbocycles. The van der Waals surface area contributed by atoms with Crippen molar-refractivity contribution < 1.29 is 31.6 Å². The molecule has 0 saturated carbocycles. The fraction of sp³-hybridized carbons (Fsp3) is 0.208. The molecular formula is C24H22FN3O7S. The van der Waals surface area contributed by atoms with Crippen LogP contribution in [-0.4, -0.2) is 42.2 Å². The maximum absolute atomic E-state index is 13.6. The van der Waals surface area contributed by atoms with Gasteiger partial charge in [-0.05, 0) is 36.2 Å². The third-order valence-electron chi connectivity index (χ3n) is 5.34. The molecule has 10 nitrogen and oxygen atoms in total. The Labute approximate surface area is 205 Å². The Balaban J connectivity index is 1.79. The molecular weight excluding hydrogens is 493 g/mol. The van der Waals surface area contributed by atoms with E-state index >= 15 is 0 Å². The monoisotopic (exact) mass is 515 g/mol. The normalized spacial score (nSPS) is 15.6. The molecule has 0 aliphatic carbocycles. The van der Waals surface area contributed by atoms with E-state index in [-0.39, 0.29) is 36.2 Å². The number of nitrogens with one attached hydrogen (secondary N) is 1. The summed E-state index contributed by atoms with van der Waals surface area (Å²) in [6.07, 6.45) is -1.40. The van der Waals surface area contributed by atoms with Gasteiger partial charge in [0.1, 0.15) is 22.6 Å². The van der Waals surface area contributed by atoms with Gasteiger partial charge in [0, 0.05) is 12.2 Å². The summed E-state index contributed by atoms with van der Waals surface area (Å²) < 4.78 is 50.6. The second-order valence-electron chi connectivity index (χ2n) is 8.00. The Morgan fingerprint density at radius 3 is 2.72 bits per heavy atom. The van der Waals surface area contributed by atoms with Gasteiger partial charge in [0.15, 0.2) is 5.69 Å². The number of fused-ring (bicyclic) bond motifs is 1. The van der Waals surface area contributed by atoms with Crippen LogP contribution in [0.15, 0.2) is 64.8 Å². The van der Waals surface area contributed by atoms with Crippen molar-refractivity contribution in [1.29, 1.82) is 0 Å². The fourth-order valence-corrected chi connectivity index (χ4v) is 4.49. The Morgan fingerprint density at radius 1 is 1.31 bits per heavy atom. The standard InChI is InChI=1S/C24H22FN3O7S/c1-14-10-16(8-9-18(14)25)11-26-23(30)20-21(35-36(32,33)17-6-4-3-5-7-17)24(31)28-15(2)12-34-13-19(29)22(28)27-20/h3-10,19,29H,2,11-13H2,1H3,(H,26,30). The first kappa shape index (κ1) is 25.2. The topological polar surface area (TPSA) is 137 Å². The minimum Gasteiger partial charge on any atom is -0.383 e. The minimum absolute atomic E-state index is 0.0646. The number of amides is 1. The van der Waals surface area contributed by atoms with E-state index in [0.29, 0.717) is 11.1 Å². The lowest BCUT2D eigenvalue weighted by Crippen LogP contribution is -2.34. The second-order valence-corrected chi connectivity index (χ2v) is 9.55. The molecule has 188 valence electrons. The summed E-state index contributed by atoms with van der Waals surface area (Å²) in [6, 6.07) is 11.3. The van der Waals surface area contributed by atoms with Crippen LogP contribution in [0.5, 0.6) is 5.75 Å². The summed E-state index contributed by atoms with van der Waals surface area (Å²) in [4.78, 5) is 30.4. The number of aliphatic hydroxyl groups excluding tert-OH is 1. The number of halogens is 1. The molecule has 36 heavy (non-hydrogen) atoms. The van der Waals surface area contributed by atoms with E-state index in [4.69, 9.17) is 8.92 Å². The first-order valence-electron chi connectivity index (χ1n) is 10.7. The summed E-state index contributed by atoms with van der Waals surface area (Å²) in [5.74, 6) is -2.48. The van der Waals surface area contributed by atoms with E-state index in [2.05, 4.69) is 16.9 Å². The molecule has 1 aliphatic heterocycles. The summed E-state index contributed by atoms with van der Waals surface area (Å²) in [5.41, 5.74) is -0.734. The number of aryl methyl sites for hydroxylation is 1. The molecule has 2 N–H and O–H groups in total. The summed E-state index contributed by atoms with van der Waals surface area (Å²) in [5, 5.41) is 13.0. The van der Waals surface area contributed by atoms with Crippen LogP contribution in [0.25, 0.3) is 5.70 Å². The predicted octanol–water partition coefficient (Wildman–Crippen LogP) is 1.92. The molecule has 0 radical (unpaired) electrons. The zero-order chi connectivity index (χ0) is 26.0. The van der Waals surface area contributed by atoms with Crippen LogP contribution < -0.4 is 15.1 Å². The molecule has 1 aromatic heterocycles. The summed E-state index contributed by atoms with van der Waals surface area (Å²) in [7, 11) is -4.53. The molecule has 12 heteroatoms. The van der Waals surface area contributed by atoms with Crippen LogP contribution in [0, 0.1) is 12.7 Å². The van der Waals surface area contributed by atoms with E-state index in [0.717, 1.165) is 4.57 Å². The molecule has 0 saturated heterocycles. The summed E-state index contributed by atoms with van der Waals surface area (Å²) in [6.45, 7) is 4.83. The van der Waals surface area contributed by atoms with Gasteiger partial charge < -0.3 is 19.3 Å². The Hall–Kier alpha value is -3.87. The number of benzene rings is 2. The van der Waals surface area contributed by atoms with E-state index in [1.165, 1.54) is 42.5 Å². The maximum Gasteiger partial charge on any atom is 0.339 e. The highest BCUT2D eigenvalue weighted by molar-refractivity contribution is 7.87. The van der Waals surface area contributed by atoms with Crippen molar-refractivity contribution >= 4 is 21.7 Å². The third-order valence-corrected chi connectivity index (χ3v) is 6.58. The zero-order valence-electron chi connectivity index (χ0n) is 19.1. The molecule has 4 rings (SSSR count). The van der Waals surface area contributed by atoms with Crippen LogP contribution in [0.4, 0.5) is 4.39 Å². The molecule has 0 spiro atoms. The molecule has 3 aromatic rings. The number of nitrogens with zero attached hydrogens (tertiary/aromatic N) is 2. The van der Waals surface area contributed by atoms with Gasteiger partial charge in [0.05, 0.1) is 13.2 Å². The van der Waals surface area contributed by atoms with Crippen LogP contribution in [-0.2, 0) is 21.4 Å². The number of aliphatic hydroxyl groups is 1. The van der Waals surface area contributed by atoms with Crippen molar-refractivity contribution in [3.8, 4) is 5.75 Å². The number of ether oxygens (including phenoxy) is 1. The van der Waals surface area contributed by atoms with Gasteiger partial charge in [-0.3, -0.25) is 14.2 Å². The quantitative estimate of drug-likeness (QED) is 0.475. The van der Waals surface area contributed by atoms with Crippen molar-refractivity contribution in [2.24, 2.45) is 0 Å². The van der Waals surface area contributed by atoms with Gasteiger partial charge >= 0.3 is 15.7 Å². The lowest BCUT2D eigenvalue weighted by atomic mass is 10.1. The number of carbonyl (C=O) groups is 1. The molecule has 1 aliphatic rings. The van der Waals surface area contributed by atoms with E-state index < -0.39 is 44.9 Å². The largest absolute Gasteiger partial charge is 0.383 e. The number of hydrogen-bond donors (Lipinski definition) is 2. The minimum atomic E-state index is -4.53. The first-order chi connectivity index (χ1) is 17.1. The fourth-order valence-electron chi connectivity index (χ4n) is 3.54. The van der Waals surface area contributed by atoms with Crippen molar-refractivity contribution in [3.63, 3.8) is 0 Å². The van der Waals surface area contributed by atoms with Crippen LogP contribution in [0.2, 0.25) is 0 Å². The Morgan fingerprint density at radius 2 is 2.03 bits per heavy atom. The van der Waals surface area contributed by atoms with E-state index in [9.17, 15) is 27.5 Å². The zero-order valence-corrected chi connectivity index (χ0v) is 19.9. The van der Waals surface area contributed by atoms with Crippen LogP contribution >= 0.6 is 0 Å². The van der Waals surface area contributed by atoms with Crippen LogP contribution in [0.3, 0.4) is 0 Å². The van der Waals surface area contributed by atoms with Crippen molar-refractivity contribution in [3.05, 3.63) is 93.9 Å². The average molecular weight is 516 g/mol. The third kappa shape index (κ3) is 5.05. The predicted molar refractivity (Wildman–Crippen MR) is 126 cm³/mol. The van der Waals surface area contributed by atoms with Crippen molar-refractivity contribution in [1.82, 2.24) is 14.9 Å². The van der Waals surface area contributed by atoms with Crippen molar-refractivity contribution in [2.75, 3.05) is 13.2 Å². The molecule has 1 atom stereocenters. The van der Waals surface area contributed by atoms with Gasteiger partial charge in [-0.1, -0.05) is 36.9 Å². The number of rotatable bonds is 6.